The van der Waals surface area contributed by atoms with Gasteiger partial charge in [-0.05, 0) is 38.6 Å². The van der Waals surface area contributed by atoms with Crippen LogP contribution in [0, 0.1) is 5.92 Å². The van der Waals surface area contributed by atoms with Gasteiger partial charge in [0.15, 0.2) is 0 Å². The van der Waals surface area contributed by atoms with Gasteiger partial charge in [0.2, 0.25) is 5.91 Å². The fourth-order valence-corrected chi connectivity index (χ4v) is 2.59. The van der Waals surface area contributed by atoms with Crippen molar-refractivity contribution < 1.29 is 9.53 Å². The first-order valence-electron chi connectivity index (χ1n) is 7.38. The van der Waals surface area contributed by atoms with Crippen molar-refractivity contribution in [2.75, 3.05) is 26.3 Å². The van der Waals surface area contributed by atoms with Gasteiger partial charge in [-0.2, -0.15) is 0 Å². The molecule has 0 radical (unpaired) electrons. The third-order valence-electron chi connectivity index (χ3n) is 3.88. The predicted molar refractivity (Wildman–Crippen MR) is 71.2 cm³/mol. The van der Waals surface area contributed by atoms with Crippen molar-refractivity contribution in [2.24, 2.45) is 11.7 Å². The molecule has 1 unspecified atom stereocenters. The summed E-state index contributed by atoms with van der Waals surface area (Å²) in [5.41, 5.74) is 5.46. The Kier molecular flexibility index (Phi) is 5.45. The molecular formula is C14H26N2O2. The van der Waals surface area contributed by atoms with Gasteiger partial charge in [0.05, 0.1) is 6.61 Å². The zero-order chi connectivity index (χ0) is 12.8. The van der Waals surface area contributed by atoms with Gasteiger partial charge < -0.3 is 15.4 Å². The number of rotatable bonds is 8. The minimum absolute atomic E-state index is 0.349. The molecule has 4 heteroatoms. The summed E-state index contributed by atoms with van der Waals surface area (Å²) in [6.07, 6.45) is 7.30. The summed E-state index contributed by atoms with van der Waals surface area (Å²) in [7, 11) is 0. The maximum Gasteiger partial charge on any atom is 0.222 e. The predicted octanol–water partition coefficient (Wildman–Crippen LogP) is 1.53. The van der Waals surface area contributed by atoms with E-state index in [4.69, 9.17) is 10.5 Å². The molecule has 2 N–H and O–H groups in total. The fraction of sp³-hybridized carbons (Fsp3) is 0.929. The summed E-state index contributed by atoms with van der Waals surface area (Å²) in [5.74, 6) is 0.917. The molecule has 0 aromatic heterocycles. The van der Waals surface area contributed by atoms with Crippen LogP contribution in [0.5, 0.6) is 0 Å². The number of amides is 1. The van der Waals surface area contributed by atoms with Crippen molar-refractivity contribution in [1.29, 1.82) is 0 Å². The second-order valence-corrected chi connectivity index (χ2v) is 5.61. The minimum Gasteiger partial charge on any atom is -0.381 e. The zero-order valence-electron chi connectivity index (χ0n) is 11.3. The molecule has 2 fully saturated rings. The molecule has 2 aliphatic rings. The molecule has 104 valence electrons. The van der Waals surface area contributed by atoms with E-state index in [0.29, 0.717) is 24.3 Å². The van der Waals surface area contributed by atoms with Gasteiger partial charge in [-0.1, -0.05) is 6.42 Å². The molecule has 1 saturated heterocycles. The number of ether oxygens (including phenoxy) is 1. The van der Waals surface area contributed by atoms with Crippen LogP contribution in [0.4, 0.5) is 0 Å². The molecule has 0 spiro atoms. The highest BCUT2D eigenvalue weighted by molar-refractivity contribution is 5.76. The first-order valence-corrected chi connectivity index (χ1v) is 7.38. The molecule has 1 amide bonds. The van der Waals surface area contributed by atoms with Crippen molar-refractivity contribution in [3.8, 4) is 0 Å². The Labute approximate surface area is 110 Å². The Hall–Kier alpha value is -0.610. The number of carbonyl (C=O) groups is 1. The SMILES string of the molecule is NCCCCCC(=O)N(CC1CCOC1)C1CC1. The Bertz CT molecular complexity index is 261. The zero-order valence-corrected chi connectivity index (χ0v) is 11.3. The molecule has 18 heavy (non-hydrogen) atoms. The monoisotopic (exact) mass is 254 g/mol. The molecule has 1 heterocycles. The van der Waals surface area contributed by atoms with E-state index in [9.17, 15) is 4.79 Å². The maximum absolute atomic E-state index is 12.2. The fourth-order valence-electron chi connectivity index (χ4n) is 2.59. The van der Waals surface area contributed by atoms with Crippen molar-refractivity contribution >= 4 is 5.91 Å². The topological polar surface area (TPSA) is 55.6 Å². The number of unbranched alkanes of at least 4 members (excludes halogenated alkanes) is 2. The van der Waals surface area contributed by atoms with Crippen LogP contribution in [-0.2, 0) is 9.53 Å². The minimum atomic E-state index is 0.349. The molecule has 0 aromatic carbocycles. The van der Waals surface area contributed by atoms with Crippen LogP contribution >= 0.6 is 0 Å². The van der Waals surface area contributed by atoms with Gasteiger partial charge in [-0.3, -0.25) is 4.79 Å². The van der Waals surface area contributed by atoms with Crippen LogP contribution < -0.4 is 5.73 Å². The number of nitrogens with two attached hydrogens (primary N) is 1. The summed E-state index contributed by atoms with van der Waals surface area (Å²) in [4.78, 5) is 14.4. The highest BCUT2D eigenvalue weighted by Gasteiger charge is 2.34. The van der Waals surface area contributed by atoms with E-state index >= 15 is 0 Å². The molecule has 1 saturated carbocycles. The van der Waals surface area contributed by atoms with Gasteiger partial charge in [-0.25, -0.2) is 0 Å². The summed E-state index contributed by atoms with van der Waals surface area (Å²) < 4.78 is 5.40. The molecule has 1 aliphatic heterocycles. The standard InChI is InChI=1S/C14H26N2O2/c15-8-3-1-2-4-14(17)16(13-5-6-13)10-12-7-9-18-11-12/h12-13H,1-11,15H2. The van der Waals surface area contributed by atoms with E-state index in [1.807, 2.05) is 0 Å². The van der Waals surface area contributed by atoms with Crippen molar-refractivity contribution in [1.82, 2.24) is 4.90 Å². The molecule has 1 aliphatic carbocycles. The lowest BCUT2D eigenvalue weighted by Crippen LogP contribution is -2.37. The highest BCUT2D eigenvalue weighted by Crippen LogP contribution is 2.29. The van der Waals surface area contributed by atoms with E-state index in [1.54, 1.807) is 0 Å². The van der Waals surface area contributed by atoms with Crippen LogP contribution in [0.1, 0.15) is 44.9 Å². The Morgan fingerprint density at radius 3 is 2.67 bits per heavy atom. The van der Waals surface area contributed by atoms with Gasteiger partial charge >= 0.3 is 0 Å². The average molecular weight is 254 g/mol. The average Bonchev–Trinajstić information content (AvgIpc) is 3.08. The van der Waals surface area contributed by atoms with Gasteiger partial charge in [0, 0.05) is 31.5 Å². The first-order chi connectivity index (χ1) is 8.81. The van der Waals surface area contributed by atoms with Crippen LogP contribution in [-0.4, -0.2) is 43.2 Å². The van der Waals surface area contributed by atoms with Crippen LogP contribution in [0.25, 0.3) is 0 Å². The van der Waals surface area contributed by atoms with E-state index < -0.39 is 0 Å². The van der Waals surface area contributed by atoms with Crippen LogP contribution in [0.3, 0.4) is 0 Å². The van der Waals surface area contributed by atoms with Crippen LogP contribution in [0.15, 0.2) is 0 Å². The Balaban J connectivity index is 1.72. The second-order valence-electron chi connectivity index (χ2n) is 5.61. The third kappa shape index (κ3) is 4.25. The summed E-state index contributed by atoms with van der Waals surface area (Å²) in [5, 5.41) is 0. The first kappa shape index (κ1) is 13.8. The van der Waals surface area contributed by atoms with E-state index in [2.05, 4.69) is 4.90 Å². The lowest BCUT2D eigenvalue weighted by atomic mass is 10.1. The number of nitrogens with zero attached hydrogens (tertiary/aromatic N) is 1. The third-order valence-corrected chi connectivity index (χ3v) is 3.88. The number of carbonyl (C=O) groups excluding carboxylic acids is 1. The van der Waals surface area contributed by atoms with Crippen molar-refractivity contribution in [2.45, 2.75) is 51.0 Å². The van der Waals surface area contributed by atoms with Gasteiger partial charge in [-0.15, -0.1) is 0 Å². The van der Waals surface area contributed by atoms with Gasteiger partial charge in [0.25, 0.3) is 0 Å². The van der Waals surface area contributed by atoms with Gasteiger partial charge in [0.1, 0.15) is 0 Å². The molecule has 0 bridgehead atoms. The normalized spacial score (nSPS) is 23.3. The summed E-state index contributed by atoms with van der Waals surface area (Å²) in [6.45, 7) is 3.36. The second kappa shape index (κ2) is 7.10. The maximum atomic E-state index is 12.2. The van der Waals surface area contributed by atoms with E-state index in [-0.39, 0.29) is 0 Å². The van der Waals surface area contributed by atoms with E-state index in [0.717, 1.165) is 52.0 Å². The molecule has 0 aromatic rings. The molecular weight excluding hydrogens is 228 g/mol. The Morgan fingerprint density at radius 1 is 1.22 bits per heavy atom. The van der Waals surface area contributed by atoms with E-state index in [1.165, 1.54) is 12.8 Å². The number of hydrogen-bond acceptors (Lipinski definition) is 3. The molecule has 4 nitrogen and oxygen atoms in total. The summed E-state index contributed by atoms with van der Waals surface area (Å²) in [6, 6.07) is 0.535. The summed E-state index contributed by atoms with van der Waals surface area (Å²) >= 11 is 0. The largest absolute Gasteiger partial charge is 0.381 e. The molecule has 1 atom stereocenters. The van der Waals surface area contributed by atoms with Crippen LogP contribution in [0.2, 0.25) is 0 Å². The smallest absolute Gasteiger partial charge is 0.222 e. The lowest BCUT2D eigenvalue weighted by molar-refractivity contribution is -0.132. The lowest BCUT2D eigenvalue weighted by Gasteiger charge is -2.25. The molecule has 2 rings (SSSR count). The quantitative estimate of drug-likeness (QED) is 0.668. The highest BCUT2D eigenvalue weighted by atomic mass is 16.5. The Morgan fingerprint density at radius 2 is 2.06 bits per heavy atom. The number of hydrogen-bond donors (Lipinski definition) is 1. The van der Waals surface area contributed by atoms with Crippen molar-refractivity contribution in [3.05, 3.63) is 0 Å². The van der Waals surface area contributed by atoms with Crippen molar-refractivity contribution in [3.63, 3.8) is 0 Å².